The lowest BCUT2D eigenvalue weighted by Gasteiger charge is -2.22. The van der Waals surface area contributed by atoms with Gasteiger partial charge < -0.3 is 10.6 Å². The predicted molar refractivity (Wildman–Crippen MR) is 128 cm³/mol. The minimum absolute atomic E-state index is 0. The molecule has 3 nitrogen and oxygen atoms in total. The number of piperidine rings is 1. The Labute approximate surface area is 189 Å². The molecule has 0 aromatic heterocycles. The maximum absolute atomic E-state index is 12.6. The van der Waals surface area contributed by atoms with E-state index < -0.39 is 0 Å². The zero-order valence-corrected chi connectivity index (χ0v) is 18.3. The van der Waals surface area contributed by atoms with Crippen LogP contribution in [0.15, 0.2) is 72.8 Å². The zero-order valence-electron chi connectivity index (χ0n) is 16.7. The van der Waals surface area contributed by atoms with Gasteiger partial charge in [-0.1, -0.05) is 48.0 Å². The second kappa shape index (κ2) is 10.6. The first kappa shape index (κ1) is 22.4. The largest absolute Gasteiger partial charge is 0.322 e. The van der Waals surface area contributed by atoms with Crippen LogP contribution in [0.5, 0.6) is 0 Å². The van der Waals surface area contributed by atoms with Crippen molar-refractivity contribution in [3.8, 4) is 11.1 Å². The van der Waals surface area contributed by atoms with E-state index in [0.29, 0.717) is 16.5 Å². The van der Waals surface area contributed by atoms with Crippen molar-refractivity contribution in [2.75, 3.05) is 18.4 Å². The third-order valence-corrected chi connectivity index (χ3v) is 5.71. The number of hydrogen-bond donors (Lipinski definition) is 2. The van der Waals surface area contributed by atoms with Crippen LogP contribution in [-0.2, 0) is 6.42 Å². The highest BCUT2D eigenvalue weighted by Crippen LogP contribution is 2.23. The third-order valence-electron chi connectivity index (χ3n) is 5.46. The molecule has 1 heterocycles. The van der Waals surface area contributed by atoms with Crippen LogP contribution in [0.2, 0.25) is 5.02 Å². The van der Waals surface area contributed by atoms with E-state index in [1.807, 2.05) is 60.7 Å². The summed E-state index contributed by atoms with van der Waals surface area (Å²) in [6, 6.07) is 23.5. The van der Waals surface area contributed by atoms with Crippen LogP contribution in [0.4, 0.5) is 5.69 Å². The van der Waals surface area contributed by atoms with E-state index in [-0.39, 0.29) is 18.3 Å². The van der Waals surface area contributed by atoms with Crippen molar-refractivity contribution < 1.29 is 4.79 Å². The van der Waals surface area contributed by atoms with E-state index in [1.165, 1.54) is 18.4 Å². The average Bonchev–Trinajstić information content (AvgIpc) is 2.76. The van der Waals surface area contributed by atoms with Gasteiger partial charge in [0, 0.05) is 16.3 Å². The molecule has 0 aliphatic carbocycles. The van der Waals surface area contributed by atoms with Crippen molar-refractivity contribution in [2.24, 2.45) is 5.92 Å². The molecule has 5 heteroatoms. The highest BCUT2D eigenvalue weighted by atomic mass is 35.5. The highest BCUT2D eigenvalue weighted by Gasteiger charge is 2.13. The van der Waals surface area contributed by atoms with Crippen LogP contribution in [0.1, 0.15) is 28.8 Å². The summed E-state index contributed by atoms with van der Waals surface area (Å²) in [6.07, 6.45) is 3.64. The maximum atomic E-state index is 12.6. The average molecular weight is 441 g/mol. The van der Waals surface area contributed by atoms with Gasteiger partial charge in [-0.15, -0.1) is 12.4 Å². The quantitative estimate of drug-likeness (QED) is 0.493. The Kier molecular flexibility index (Phi) is 7.92. The van der Waals surface area contributed by atoms with Crippen molar-refractivity contribution >= 4 is 35.6 Å². The van der Waals surface area contributed by atoms with Gasteiger partial charge in [-0.2, -0.15) is 0 Å². The first-order valence-corrected chi connectivity index (χ1v) is 10.5. The van der Waals surface area contributed by atoms with Crippen molar-refractivity contribution in [3.05, 3.63) is 88.9 Å². The number of halogens is 2. The Morgan fingerprint density at radius 1 is 0.933 bits per heavy atom. The molecule has 1 atom stereocenters. The summed E-state index contributed by atoms with van der Waals surface area (Å²) in [4.78, 5) is 12.6. The molecule has 0 saturated carbocycles. The van der Waals surface area contributed by atoms with Crippen molar-refractivity contribution in [3.63, 3.8) is 0 Å². The molecule has 1 saturated heterocycles. The minimum Gasteiger partial charge on any atom is -0.322 e. The van der Waals surface area contributed by atoms with E-state index in [9.17, 15) is 4.79 Å². The van der Waals surface area contributed by atoms with Gasteiger partial charge in [0.25, 0.3) is 5.91 Å². The summed E-state index contributed by atoms with van der Waals surface area (Å²) in [6.45, 7) is 2.24. The number of nitrogens with one attached hydrogen (secondary N) is 2. The Bertz CT molecular complexity index is 948. The van der Waals surface area contributed by atoms with E-state index >= 15 is 0 Å². The van der Waals surface area contributed by atoms with Crippen molar-refractivity contribution in [1.82, 2.24) is 5.32 Å². The fourth-order valence-electron chi connectivity index (χ4n) is 3.82. The standard InChI is InChI=1S/C25H25ClN2O.ClH/c26-23-11-9-21(10-12-23)20-5-7-22(8-6-20)25(29)28-24-13-3-18(4-14-24)16-19-2-1-15-27-17-19;/h3-14,19,27H,1-2,15-17H2,(H,28,29);1H. The molecule has 1 fully saturated rings. The van der Waals surface area contributed by atoms with Crippen molar-refractivity contribution in [2.45, 2.75) is 19.3 Å². The Balaban J connectivity index is 0.00000256. The molecule has 3 aromatic rings. The van der Waals surface area contributed by atoms with Gasteiger partial charge in [-0.3, -0.25) is 4.79 Å². The van der Waals surface area contributed by atoms with Crippen molar-refractivity contribution in [1.29, 1.82) is 0 Å². The second-order valence-corrected chi connectivity index (χ2v) is 8.09. The SMILES string of the molecule is Cl.O=C(Nc1ccc(CC2CCCNC2)cc1)c1ccc(-c2ccc(Cl)cc2)cc1. The molecule has 4 rings (SSSR count). The summed E-state index contributed by atoms with van der Waals surface area (Å²) in [5.74, 6) is 0.611. The highest BCUT2D eigenvalue weighted by molar-refractivity contribution is 6.30. The normalized spacial score (nSPS) is 15.8. The van der Waals surface area contributed by atoms with Gasteiger partial charge in [-0.25, -0.2) is 0 Å². The molecule has 156 valence electrons. The lowest BCUT2D eigenvalue weighted by atomic mass is 9.92. The van der Waals surface area contributed by atoms with Gasteiger partial charge in [0.1, 0.15) is 0 Å². The molecule has 30 heavy (non-hydrogen) atoms. The van der Waals surface area contributed by atoms with Gasteiger partial charge in [-0.05, 0) is 91.4 Å². The second-order valence-electron chi connectivity index (χ2n) is 7.65. The van der Waals surface area contributed by atoms with Crippen LogP contribution in [-0.4, -0.2) is 19.0 Å². The fraction of sp³-hybridized carbons (Fsp3) is 0.240. The number of carbonyl (C=O) groups excluding carboxylic acids is 1. The number of amides is 1. The van der Waals surface area contributed by atoms with Crippen LogP contribution in [0, 0.1) is 5.92 Å². The predicted octanol–water partition coefficient (Wildman–Crippen LogP) is 6.22. The molecular weight excluding hydrogens is 415 g/mol. The topological polar surface area (TPSA) is 41.1 Å². The van der Waals surface area contributed by atoms with Gasteiger partial charge in [0.15, 0.2) is 0 Å². The van der Waals surface area contributed by atoms with Crippen LogP contribution < -0.4 is 10.6 Å². The Hall–Kier alpha value is -2.33. The molecule has 3 aromatic carbocycles. The Morgan fingerprint density at radius 3 is 2.17 bits per heavy atom. The number of anilines is 1. The first-order chi connectivity index (χ1) is 14.2. The molecule has 2 N–H and O–H groups in total. The molecule has 1 unspecified atom stereocenters. The third kappa shape index (κ3) is 5.85. The van der Waals surface area contributed by atoms with Crippen LogP contribution in [0.3, 0.4) is 0 Å². The van der Waals surface area contributed by atoms with E-state index in [4.69, 9.17) is 11.6 Å². The molecular formula is C25H26Cl2N2O. The van der Waals surface area contributed by atoms with Crippen LogP contribution >= 0.6 is 24.0 Å². The molecule has 1 aliphatic rings. The number of benzene rings is 3. The number of rotatable bonds is 5. The van der Waals surface area contributed by atoms with Crippen LogP contribution in [0.25, 0.3) is 11.1 Å². The lowest BCUT2D eigenvalue weighted by molar-refractivity contribution is 0.102. The Morgan fingerprint density at radius 2 is 1.57 bits per heavy atom. The number of hydrogen-bond acceptors (Lipinski definition) is 2. The molecule has 0 bridgehead atoms. The number of carbonyl (C=O) groups is 1. The van der Waals surface area contributed by atoms with E-state index in [2.05, 4.69) is 22.8 Å². The summed E-state index contributed by atoms with van der Waals surface area (Å²) >= 11 is 5.95. The van der Waals surface area contributed by atoms with E-state index in [0.717, 1.165) is 36.3 Å². The monoisotopic (exact) mass is 440 g/mol. The first-order valence-electron chi connectivity index (χ1n) is 10.1. The maximum Gasteiger partial charge on any atom is 0.255 e. The summed E-state index contributed by atoms with van der Waals surface area (Å²) < 4.78 is 0. The summed E-state index contributed by atoms with van der Waals surface area (Å²) in [5.41, 5.74) is 4.91. The molecule has 0 spiro atoms. The van der Waals surface area contributed by atoms with Gasteiger partial charge >= 0.3 is 0 Å². The molecule has 1 amide bonds. The van der Waals surface area contributed by atoms with E-state index in [1.54, 1.807) is 0 Å². The molecule has 1 aliphatic heterocycles. The zero-order chi connectivity index (χ0) is 20.1. The molecule has 0 radical (unpaired) electrons. The van der Waals surface area contributed by atoms with Gasteiger partial charge in [0.2, 0.25) is 0 Å². The lowest BCUT2D eigenvalue weighted by Crippen LogP contribution is -2.30. The summed E-state index contributed by atoms with van der Waals surface area (Å²) in [7, 11) is 0. The smallest absolute Gasteiger partial charge is 0.255 e. The minimum atomic E-state index is -0.100. The summed E-state index contributed by atoms with van der Waals surface area (Å²) in [5, 5.41) is 7.17. The van der Waals surface area contributed by atoms with Gasteiger partial charge in [0.05, 0.1) is 0 Å². The fourth-order valence-corrected chi connectivity index (χ4v) is 3.94.